The average molecular weight is 392 g/mol. The number of piperidine rings is 1. The highest BCUT2D eigenvalue weighted by atomic mass is 16.5. The molecule has 0 saturated carbocycles. The van der Waals surface area contributed by atoms with Gasteiger partial charge in [-0.1, -0.05) is 42.0 Å². The third-order valence-electron chi connectivity index (χ3n) is 6.14. The molecule has 2 aromatic carbocycles. The number of nitrogens with zero attached hydrogens (tertiary/aromatic N) is 3. The van der Waals surface area contributed by atoms with E-state index in [0.29, 0.717) is 5.92 Å². The van der Waals surface area contributed by atoms with Crippen LogP contribution in [0.1, 0.15) is 42.6 Å². The molecule has 4 rings (SSSR count). The first kappa shape index (κ1) is 20.1. The van der Waals surface area contributed by atoms with Crippen LogP contribution in [0.15, 0.2) is 48.5 Å². The van der Waals surface area contributed by atoms with Crippen molar-refractivity contribution < 1.29 is 4.74 Å². The lowest BCUT2D eigenvalue weighted by Gasteiger charge is -2.32. The molecule has 0 atom stereocenters. The fraction of sp³-hybridized carbons (Fsp3) is 0.480. The zero-order chi connectivity index (χ0) is 20.1. The highest BCUT2D eigenvalue weighted by molar-refractivity contribution is 5.76. The number of fused-ring (bicyclic) bond motifs is 1. The van der Waals surface area contributed by atoms with Crippen molar-refractivity contribution in [3.63, 3.8) is 0 Å². The summed E-state index contributed by atoms with van der Waals surface area (Å²) in [6, 6.07) is 17.5. The fourth-order valence-electron chi connectivity index (χ4n) is 4.40. The highest BCUT2D eigenvalue weighted by Crippen LogP contribution is 2.30. The van der Waals surface area contributed by atoms with Crippen LogP contribution in [0.5, 0.6) is 0 Å². The molecule has 29 heavy (non-hydrogen) atoms. The largest absolute Gasteiger partial charge is 0.380 e. The maximum Gasteiger partial charge on any atom is 0.113 e. The number of para-hydroxylation sites is 2. The van der Waals surface area contributed by atoms with Crippen molar-refractivity contribution >= 4 is 11.0 Å². The predicted octanol–water partition coefficient (Wildman–Crippen LogP) is 4.80. The van der Waals surface area contributed by atoms with Crippen LogP contribution in [0.25, 0.3) is 11.0 Å². The minimum Gasteiger partial charge on any atom is -0.380 e. The third kappa shape index (κ3) is 4.88. The summed E-state index contributed by atoms with van der Waals surface area (Å²) in [5.74, 6) is 1.80. The summed E-state index contributed by atoms with van der Waals surface area (Å²) >= 11 is 0. The van der Waals surface area contributed by atoms with Gasteiger partial charge in [-0.2, -0.15) is 0 Å². The van der Waals surface area contributed by atoms with Gasteiger partial charge in [0, 0.05) is 25.6 Å². The number of imidazole rings is 1. The lowest BCUT2D eigenvalue weighted by molar-refractivity contribution is 0.138. The molecule has 0 spiro atoms. The van der Waals surface area contributed by atoms with Crippen LogP contribution in [0.3, 0.4) is 0 Å². The molecule has 0 N–H and O–H groups in total. The van der Waals surface area contributed by atoms with Crippen molar-refractivity contribution in [1.82, 2.24) is 14.5 Å². The molecular weight excluding hydrogens is 358 g/mol. The lowest BCUT2D eigenvalue weighted by atomic mass is 9.95. The molecule has 154 valence electrons. The Labute approximate surface area is 174 Å². The molecule has 0 bridgehead atoms. The summed E-state index contributed by atoms with van der Waals surface area (Å²) in [5.41, 5.74) is 5.13. The molecule has 0 radical (unpaired) electrons. The summed E-state index contributed by atoms with van der Waals surface area (Å²) in [4.78, 5) is 7.65. The number of likely N-dealkylation sites (tertiary alicyclic amines) is 1. The molecule has 0 amide bonds. The molecule has 4 heteroatoms. The van der Waals surface area contributed by atoms with Crippen molar-refractivity contribution in [2.75, 3.05) is 32.8 Å². The quantitative estimate of drug-likeness (QED) is 0.517. The second-order valence-electron chi connectivity index (χ2n) is 8.16. The molecule has 3 aromatic rings. The summed E-state index contributed by atoms with van der Waals surface area (Å²) in [5, 5.41) is 0. The average Bonchev–Trinajstić information content (AvgIpc) is 3.13. The van der Waals surface area contributed by atoms with E-state index in [4.69, 9.17) is 9.72 Å². The van der Waals surface area contributed by atoms with Crippen LogP contribution in [-0.4, -0.2) is 47.3 Å². The van der Waals surface area contributed by atoms with Gasteiger partial charge in [-0.05, 0) is 63.9 Å². The monoisotopic (exact) mass is 391 g/mol. The Morgan fingerprint density at radius 2 is 1.76 bits per heavy atom. The van der Waals surface area contributed by atoms with E-state index in [1.54, 1.807) is 0 Å². The Morgan fingerprint density at radius 1 is 1.00 bits per heavy atom. The minimum atomic E-state index is 0.541. The van der Waals surface area contributed by atoms with Gasteiger partial charge in [-0.25, -0.2) is 4.98 Å². The van der Waals surface area contributed by atoms with E-state index in [2.05, 4.69) is 71.8 Å². The topological polar surface area (TPSA) is 30.3 Å². The smallest absolute Gasteiger partial charge is 0.113 e. The minimum absolute atomic E-state index is 0.541. The van der Waals surface area contributed by atoms with Crippen molar-refractivity contribution in [2.45, 2.75) is 45.6 Å². The summed E-state index contributed by atoms with van der Waals surface area (Å²) in [6.07, 6.45) is 3.51. The molecule has 1 aliphatic heterocycles. The molecule has 1 aliphatic rings. The first-order valence-electron chi connectivity index (χ1n) is 11.1. The van der Waals surface area contributed by atoms with E-state index in [0.717, 1.165) is 51.3 Å². The van der Waals surface area contributed by atoms with Crippen LogP contribution in [0.2, 0.25) is 0 Å². The van der Waals surface area contributed by atoms with E-state index in [9.17, 15) is 0 Å². The van der Waals surface area contributed by atoms with Gasteiger partial charge < -0.3 is 14.2 Å². The second kappa shape index (κ2) is 9.55. The maximum atomic E-state index is 5.64. The van der Waals surface area contributed by atoms with E-state index < -0.39 is 0 Å². The van der Waals surface area contributed by atoms with Crippen molar-refractivity contribution in [3.8, 4) is 0 Å². The molecule has 4 nitrogen and oxygen atoms in total. The van der Waals surface area contributed by atoms with E-state index in [-0.39, 0.29) is 0 Å². The number of hydrogen-bond donors (Lipinski definition) is 0. The number of aromatic nitrogens is 2. The summed E-state index contributed by atoms with van der Waals surface area (Å²) in [7, 11) is 0. The van der Waals surface area contributed by atoms with E-state index in [1.165, 1.54) is 35.3 Å². The van der Waals surface area contributed by atoms with Crippen molar-refractivity contribution in [2.24, 2.45) is 0 Å². The molecule has 1 saturated heterocycles. The third-order valence-corrected chi connectivity index (χ3v) is 6.14. The molecular formula is C25H33N3O. The highest BCUT2D eigenvalue weighted by Gasteiger charge is 2.25. The number of ether oxygens (including phenoxy) is 1. The maximum absolute atomic E-state index is 5.64. The van der Waals surface area contributed by atoms with Gasteiger partial charge in [0.25, 0.3) is 0 Å². The Morgan fingerprint density at radius 3 is 2.52 bits per heavy atom. The Hall–Kier alpha value is -2.17. The molecule has 2 heterocycles. The Balaban J connectivity index is 1.39. The molecule has 0 unspecified atom stereocenters. The predicted molar refractivity (Wildman–Crippen MR) is 120 cm³/mol. The van der Waals surface area contributed by atoms with Gasteiger partial charge in [0.05, 0.1) is 17.6 Å². The SMILES string of the molecule is CCOCCn1c(C2CCN(CCc3ccc(C)cc3)CC2)nc2ccccc21. The normalized spacial score (nSPS) is 15.9. The van der Waals surface area contributed by atoms with Crippen molar-refractivity contribution in [3.05, 3.63) is 65.5 Å². The number of rotatable bonds is 8. The van der Waals surface area contributed by atoms with E-state index in [1.807, 2.05) is 0 Å². The Bertz CT molecular complexity index is 907. The van der Waals surface area contributed by atoms with Crippen molar-refractivity contribution in [1.29, 1.82) is 0 Å². The number of hydrogen-bond acceptors (Lipinski definition) is 3. The zero-order valence-corrected chi connectivity index (χ0v) is 17.8. The van der Waals surface area contributed by atoms with Gasteiger partial charge in [-0.15, -0.1) is 0 Å². The second-order valence-corrected chi connectivity index (χ2v) is 8.16. The van der Waals surface area contributed by atoms with Gasteiger partial charge in [0.2, 0.25) is 0 Å². The first-order valence-corrected chi connectivity index (χ1v) is 11.1. The molecule has 1 aromatic heterocycles. The van der Waals surface area contributed by atoms with Gasteiger partial charge in [-0.3, -0.25) is 0 Å². The Kier molecular flexibility index (Phi) is 6.63. The summed E-state index contributed by atoms with van der Waals surface area (Å²) in [6.45, 7) is 10.1. The number of benzene rings is 2. The lowest BCUT2D eigenvalue weighted by Crippen LogP contribution is -2.35. The van der Waals surface area contributed by atoms with Gasteiger partial charge in [0.1, 0.15) is 5.82 Å². The number of aryl methyl sites for hydroxylation is 1. The van der Waals surface area contributed by atoms with Crippen LogP contribution in [0, 0.1) is 6.92 Å². The standard InChI is InChI=1S/C25H33N3O/c1-3-29-19-18-28-24-7-5-4-6-23(24)26-25(28)22-13-16-27(17-14-22)15-12-21-10-8-20(2)9-11-21/h4-11,22H,3,12-19H2,1-2H3. The van der Waals surface area contributed by atoms with Crippen LogP contribution >= 0.6 is 0 Å². The van der Waals surface area contributed by atoms with Crippen LogP contribution in [-0.2, 0) is 17.7 Å². The summed E-state index contributed by atoms with van der Waals surface area (Å²) < 4.78 is 8.04. The van der Waals surface area contributed by atoms with Gasteiger partial charge in [0.15, 0.2) is 0 Å². The molecule has 0 aliphatic carbocycles. The first-order chi connectivity index (χ1) is 14.2. The fourth-order valence-corrected chi connectivity index (χ4v) is 4.40. The van der Waals surface area contributed by atoms with E-state index >= 15 is 0 Å². The molecule has 1 fully saturated rings. The van der Waals surface area contributed by atoms with Crippen LogP contribution < -0.4 is 0 Å². The van der Waals surface area contributed by atoms with Gasteiger partial charge >= 0.3 is 0 Å². The zero-order valence-electron chi connectivity index (χ0n) is 17.8. The van der Waals surface area contributed by atoms with Crippen LogP contribution in [0.4, 0.5) is 0 Å².